The average Bonchev–Trinajstić information content (AvgIpc) is 3.16. The first-order valence-corrected chi connectivity index (χ1v) is 9.13. The fraction of sp³-hybridized carbons (Fsp3) is 0.381. The van der Waals surface area contributed by atoms with Crippen molar-refractivity contribution in [2.45, 2.75) is 38.6 Å². The fourth-order valence-electron chi connectivity index (χ4n) is 3.30. The second-order valence-electron chi connectivity index (χ2n) is 6.87. The molecule has 132 valence electrons. The van der Waals surface area contributed by atoms with Crippen LogP contribution in [0.15, 0.2) is 48.5 Å². The van der Waals surface area contributed by atoms with Gasteiger partial charge in [0.15, 0.2) is 0 Å². The van der Waals surface area contributed by atoms with Crippen LogP contribution in [0.4, 0.5) is 11.4 Å². The van der Waals surface area contributed by atoms with Crippen molar-refractivity contribution in [2.75, 3.05) is 24.1 Å². The lowest BCUT2D eigenvalue weighted by atomic mass is 10.1. The Hall–Kier alpha value is -2.49. The number of nitrogen functional groups attached to an aromatic ring is 1. The third-order valence-electron chi connectivity index (χ3n) is 4.80. The minimum absolute atomic E-state index is 0.0906. The number of anilines is 2. The highest BCUT2D eigenvalue weighted by Crippen LogP contribution is 2.23. The summed E-state index contributed by atoms with van der Waals surface area (Å²) < 4.78 is 0. The van der Waals surface area contributed by atoms with Crippen molar-refractivity contribution in [2.24, 2.45) is 0 Å². The van der Waals surface area contributed by atoms with E-state index in [9.17, 15) is 4.79 Å². The summed E-state index contributed by atoms with van der Waals surface area (Å²) in [4.78, 5) is 14.3. The van der Waals surface area contributed by atoms with Crippen LogP contribution in [0.3, 0.4) is 0 Å². The van der Waals surface area contributed by atoms with Gasteiger partial charge in [0.05, 0.1) is 11.4 Å². The molecule has 1 fully saturated rings. The minimum Gasteiger partial charge on any atom is -0.397 e. The zero-order chi connectivity index (χ0) is 17.6. The molecular formula is C21H27N3O. The van der Waals surface area contributed by atoms with Gasteiger partial charge in [0.1, 0.15) is 0 Å². The molecule has 1 amide bonds. The molecule has 2 aromatic rings. The number of carbonyl (C=O) groups is 1. The molecule has 0 bridgehead atoms. The smallest absolute Gasteiger partial charge is 0.253 e. The molecule has 1 aliphatic heterocycles. The summed E-state index contributed by atoms with van der Waals surface area (Å²) in [5.41, 5.74) is 9.74. The van der Waals surface area contributed by atoms with Gasteiger partial charge in [0.25, 0.3) is 5.91 Å². The third-order valence-corrected chi connectivity index (χ3v) is 4.80. The predicted octanol–water partition coefficient (Wildman–Crippen LogP) is 3.94. The van der Waals surface area contributed by atoms with E-state index in [2.05, 4.69) is 36.5 Å². The van der Waals surface area contributed by atoms with E-state index in [0.717, 1.165) is 44.5 Å². The van der Waals surface area contributed by atoms with E-state index in [1.54, 1.807) is 6.07 Å². The number of hydrogen-bond acceptors (Lipinski definition) is 3. The molecule has 4 nitrogen and oxygen atoms in total. The standard InChI is InChI=1S/C21H27N3O/c1-16(9-10-17-7-3-2-4-8-17)23-20-12-11-18(15-19(20)22)21(25)24-13-5-6-14-24/h2-4,7-8,11-12,15-16,23H,5-6,9-10,13-14,22H2,1H3/t16-/m1/s1. The number of amides is 1. The number of likely N-dealkylation sites (tertiary alicyclic amines) is 1. The second-order valence-corrected chi connectivity index (χ2v) is 6.87. The summed E-state index contributed by atoms with van der Waals surface area (Å²) in [5.74, 6) is 0.0906. The number of aryl methyl sites for hydroxylation is 1. The van der Waals surface area contributed by atoms with Gasteiger partial charge >= 0.3 is 0 Å². The first kappa shape index (κ1) is 17.3. The maximum absolute atomic E-state index is 12.4. The van der Waals surface area contributed by atoms with Gasteiger partial charge in [-0.25, -0.2) is 0 Å². The Kier molecular flexibility index (Phi) is 5.59. The van der Waals surface area contributed by atoms with Crippen LogP contribution < -0.4 is 11.1 Å². The number of benzene rings is 2. The van der Waals surface area contributed by atoms with Gasteiger partial charge in [-0.1, -0.05) is 30.3 Å². The molecular weight excluding hydrogens is 310 g/mol. The van der Waals surface area contributed by atoms with Gasteiger partial charge in [0.2, 0.25) is 0 Å². The zero-order valence-electron chi connectivity index (χ0n) is 14.9. The zero-order valence-corrected chi connectivity index (χ0v) is 14.9. The molecule has 0 unspecified atom stereocenters. The third kappa shape index (κ3) is 4.53. The lowest BCUT2D eigenvalue weighted by Gasteiger charge is -2.19. The Morgan fingerprint density at radius 3 is 2.56 bits per heavy atom. The van der Waals surface area contributed by atoms with E-state index in [1.807, 2.05) is 23.1 Å². The van der Waals surface area contributed by atoms with Crippen LogP contribution in [0.25, 0.3) is 0 Å². The Morgan fingerprint density at radius 1 is 1.16 bits per heavy atom. The highest BCUT2D eigenvalue weighted by atomic mass is 16.2. The average molecular weight is 337 g/mol. The van der Waals surface area contributed by atoms with E-state index < -0.39 is 0 Å². The summed E-state index contributed by atoms with van der Waals surface area (Å²) in [7, 11) is 0. The normalized spacial score (nSPS) is 15.2. The van der Waals surface area contributed by atoms with E-state index in [4.69, 9.17) is 5.73 Å². The topological polar surface area (TPSA) is 58.4 Å². The molecule has 4 heteroatoms. The molecule has 0 spiro atoms. The first-order valence-electron chi connectivity index (χ1n) is 9.13. The maximum atomic E-state index is 12.4. The van der Waals surface area contributed by atoms with E-state index in [0.29, 0.717) is 17.3 Å². The summed E-state index contributed by atoms with van der Waals surface area (Å²) in [6, 6.07) is 16.4. The molecule has 3 N–H and O–H groups in total. The lowest BCUT2D eigenvalue weighted by molar-refractivity contribution is 0.0793. The molecule has 0 aromatic heterocycles. The largest absolute Gasteiger partial charge is 0.397 e. The number of rotatable bonds is 6. The maximum Gasteiger partial charge on any atom is 0.253 e. The number of nitrogens with two attached hydrogens (primary N) is 1. The van der Waals surface area contributed by atoms with Crippen LogP contribution in [0, 0.1) is 0 Å². The van der Waals surface area contributed by atoms with Crippen molar-refractivity contribution in [3.63, 3.8) is 0 Å². The van der Waals surface area contributed by atoms with Crippen LogP contribution in [0.5, 0.6) is 0 Å². The fourth-order valence-corrected chi connectivity index (χ4v) is 3.30. The van der Waals surface area contributed by atoms with E-state index in [1.165, 1.54) is 5.56 Å². The van der Waals surface area contributed by atoms with Crippen molar-refractivity contribution in [1.82, 2.24) is 4.90 Å². The van der Waals surface area contributed by atoms with Crippen molar-refractivity contribution < 1.29 is 4.79 Å². The SMILES string of the molecule is C[C@H](CCc1ccccc1)Nc1ccc(C(=O)N2CCCC2)cc1N. The predicted molar refractivity (Wildman–Crippen MR) is 104 cm³/mol. The Balaban J connectivity index is 1.58. The molecule has 2 aromatic carbocycles. The Bertz CT molecular complexity index is 708. The summed E-state index contributed by atoms with van der Waals surface area (Å²) in [6.07, 6.45) is 4.25. The molecule has 25 heavy (non-hydrogen) atoms. The van der Waals surface area contributed by atoms with Crippen molar-refractivity contribution in [3.8, 4) is 0 Å². The van der Waals surface area contributed by atoms with Gasteiger partial charge in [-0.3, -0.25) is 4.79 Å². The number of nitrogens with zero attached hydrogens (tertiary/aromatic N) is 1. The van der Waals surface area contributed by atoms with Crippen molar-refractivity contribution >= 4 is 17.3 Å². The van der Waals surface area contributed by atoms with Crippen LogP contribution in [0.1, 0.15) is 42.1 Å². The second kappa shape index (κ2) is 8.06. The summed E-state index contributed by atoms with van der Waals surface area (Å²) in [6.45, 7) is 3.87. The first-order chi connectivity index (χ1) is 12.1. The van der Waals surface area contributed by atoms with Crippen LogP contribution >= 0.6 is 0 Å². The molecule has 1 heterocycles. The number of hydrogen-bond donors (Lipinski definition) is 2. The quantitative estimate of drug-likeness (QED) is 0.785. The van der Waals surface area contributed by atoms with Crippen molar-refractivity contribution in [3.05, 3.63) is 59.7 Å². The van der Waals surface area contributed by atoms with Crippen molar-refractivity contribution in [1.29, 1.82) is 0 Å². The monoisotopic (exact) mass is 337 g/mol. The van der Waals surface area contributed by atoms with E-state index >= 15 is 0 Å². The van der Waals surface area contributed by atoms with Gasteiger partial charge in [-0.15, -0.1) is 0 Å². The molecule has 1 saturated heterocycles. The highest BCUT2D eigenvalue weighted by Gasteiger charge is 2.20. The van der Waals surface area contributed by atoms with Gasteiger partial charge in [-0.2, -0.15) is 0 Å². The van der Waals surface area contributed by atoms with E-state index in [-0.39, 0.29) is 5.91 Å². The molecule has 3 rings (SSSR count). The highest BCUT2D eigenvalue weighted by molar-refractivity contribution is 5.96. The Morgan fingerprint density at radius 2 is 1.88 bits per heavy atom. The van der Waals surface area contributed by atoms with Gasteiger partial charge in [-0.05, 0) is 56.4 Å². The number of carbonyl (C=O) groups excluding carboxylic acids is 1. The number of nitrogens with one attached hydrogen (secondary N) is 1. The minimum atomic E-state index is 0.0906. The lowest BCUT2D eigenvalue weighted by Crippen LogP contribution is -2.27. The van der Waals surface area contributed by atoms with Gasteiger partial charge < -0.3 is 16.0 Å². The van der Waals surface area contributed by atoms with Crippen LogP contribution in [0.2, 0.25) is 0 Å². The van der Waals surface area contributed by atoms with Gasteiger partial charge in [0, 0.05) is 24.7 Å². The molecule has 1 atom stereocenters. The molecule has 1 aliphatic rings. The van der Waals surface area contributed by atoms with Crippen LogP contribution in [-0.4, -0.2) is 29.9 Å². The summed E-state index contributed by atoms with van der Waals surface area (Å²) in [5, 5.41) is 3.47. The molecule has 0 radical (unpaired) electrons. The summed E-state index contributed by atoms with van der Waals surface area (Å²) >= 11 is 0. The van der Waals surface area contributed by atoms with Crippen LogP contribution in [-0.2, 0) is 6.42 Å². The molecule has 0 aliphatic carbocycles. The molecule has 0 saturated carbocycles. The Labute approximate surface area is 150 Å².